The van der Waals surface area contributed by atoms with Gasteiger partial charge in [-0.3, -0.25) is 9.38 Å². The maximum Gasteiger partial charge on any atom is 0.312 e. The third kappa shape index (κ3) is 6.42. The van der Waals surface area contributed by atoms with E-state index >= 15 is 0 Å². The molecule has 2 amide bonds. The zero-order valence-electron chi connectivity index (χ0n) is 21.4. The molecule has 0 aliphatic heterocycles. The Morgan fingerprint density at radius 2 is 1.66 bits per heavy atom. The molecule has 0 unspecified atom stereocenters. The Hall–Kier alpha value is -3.32. The summed E-state index contributed by atoms with van der Waals surface area (Å²) in [4.78, 5) is 21.4. The van der Waals surface area contributed by atoms with E-state index < -0.39 is 6.03 Å². The Morgan fingerprint density at radius 1 is 1.03 bits per heavy atom. The summed E-state index contributed by atoms with van der Waals surface area (Å²) in [5, 5.41) is 2.70. The highest BCUT2D eigenvalue weighted by atomic mass is 32.1. The second-order valence-electron chi connectivity index (χ2n) is 9.44. The molecule has 6 nitrogen and oxygen atoms in total. The highest BCUT2D eigenvalue weighted by Gasteiger charge is 2.22. The molecule has 0 radical (unpaired) electrons. The molecule has 4 rings (SSSR count). The lowest BCUT2D eigenvalue weighted by Crippen LogP contribution is -2.39. The Kier molecular flexibility index (Phi) is 8.22. The van der Waals surface area contributed by atoms with Crippen molar-refractivity contribution in [2.24, 2.45) is 5.73 Å². The van der Waals surface area contributed by atoms with Crippen LogP contribution in [0.4, 0.5) is 4.79 Å². The Bertz CT molecular complexity index is 1290. The molecule has 7 heteroatoms. The van der Waals surface area contributed by atoms with Gasteiger partial charge in [0.1, 0.15) is 0 Å². The van der Waals surface area contributed by atoms with E-state index in [-0.39, 0.29) is 5.41 Å². The number of hydrogen-bond acceptors (Lipinski definition) is 4. The fraction of sp³-hybridized carbons (Fsp3) is 0.321. The number of hydrogen-bond donors (Lipinski definition) is 3. The number of carbonyl (C=O) groups excluding carboxylic acids is 1. The standard InChI is InChI=1S/C21H27N5O.C7H8S/c1-6-17-18(26-11-13(2)24-14(3)19(26)25-17)15-7-9-16(10-8-15)21(4,5)12-23-20(22)27;1-6-2-4-7(8)5-3-6/h7-11H,6,12H2,1-5H3,(H3,22,23,27);2-5,8H,1H3. The van der Waals surface area contributed by atoms with Gasteiger partial charge >= 0.3 is 6.03 Å². The highest BCUT2D eigenvalue weighted by Crippen LogP contribution is 2.30. The van der Waals surface area contributed by atoms with Crippen LogP contribution in [-0.4, -0.2) is 26.9 Å². The van der Waals surface area contributed by atoms with Crippen LogP contribution in [0.1, 0.15) is 49.0 Å². The quantitative estimate of drug-likeness (QED) is 0.310. The van der Waals surface area contributed by atoms with E-state index in [1.165, 1.54) is 5.56 Å². The lowest BCUT2D eigenvalue weighted by Gasteiger charge is -2.25. The fourth-order valence-corrected chi connectivity index (χ4v) is 4.13. The Labute approximate surface area is 213 Å². The SMILES string of the molecule is CCc1nc2c(C)nc(C)cn2c1-c1ccc(C(C)(C)CNC(N)=O)cc1.Cc1ccc(S)cc1. The summed E-state index contributed by atoms with van der Waals surface area (Å²) in [5.41, 5.74) is 13.5. The van der Waals surface area contributed by atoms with Crippen LogP contribution in [0.5, 0.6) is 0 Å². The molecule has 0 fully saturated rings. The number of rotatable bonds is 5. The molecule has 2 heterocycles. The Morgan fingerprint density at radius 3 is 2.20 bits per heavy atom. The number of amides is 2. The minimum Gasteiger partial charge on any atom is -0.352 e. The maximum atomic E-state index is 11.0. The van der Waals surface area contributed by atoms with E-state index in [4.69, 9.17) is 10.7 Å². The van der Waals surface area contributed by atoms with Crippen LogP contribution in [0.3, 0.4) is 0 Å². The second kappa shape index (κ2) is 11.0. The van der Waals surface area contributed by atoms with Gasteiger partial charge in [0, 0.05) is 28.6 Å². The van der Waals surface area contributed by atoms with E-state index in [1.807, 2.05) is 44.3 Å². The molecular formula is C28H35N5OS. The van der Waals surface area contributed by atoms with Crippen LogP contribution >= 0.6 is 12.6 Å². The molecule has 0 spiro atoms. The second-order valence-corrected chi connectivity index (χ2v) is 9.95. The summed E-state index contributed by atoms with van der Waals surface area (Å²) in [7, 11) is 0. The maximum absolute atomic E-state index is 11.0. The topological polar surface area (TPSA) is 85.3 Å². The zero-order chi connectivity index (χ0) is 25.8. The molecule has 0 saturated carbocycles. The number of aromatic nitrogens is 3. The number of benzene rings is 2. The highest BCUT2D eigenvalue weighted by molar-refractivity contribution is 7.80. The van der Waals surface area contributed by atoms with Gasteiger partial charge in [-0.1, -0.05) is 62.7 Å². The number of fused-ring (bicyclic) bond motifs is 1. The predicted octanol–water partition coefficient (Wildman–Crippen LogP) is 5.81. The Balaban J connectivity index is 0.000000363. The van der Waals surface area contributed by atoms with E-state index in [0.29, 0.717) is 6.54 Å². The van der Waals surface area contributed by atoms with E-state index in [0.717, 1.165) is 50.9 Å². The molecular weight excluding hydrogens is 454 g/mol. The van der Waals surface area contributed by atoms with E-state index in [1.54, 1.807) is 0 Å². The van der Waals surface area contributed by atoms with Gasteiger partial charge in [0.2, 0.25) is 0 Å². The molecule has 0 saturated heterocycles. The predicted molar refractivity (Wildman–Crippen MR) is 146 cm³/mol. The van der Waals surface area contributed by atoms with Gasteiger partial charge in [-0.2, -0.15) is 0 Å². The third-order valence-electron chi connectivity index (χ3n) is 5.98. The van der Waals surface area contributed by atoms with E-state index in [9.17, 15) is 4.79 Å². The van der Waals surface area contributed by atoms with Crippen molar-refractivity contribution >= 4 is 24.3 Å². The first kappa shape index (κ1) is 26.3. The number of thiol groups is 1. The molecule has 0 atom stereocenters. The molecule has 35 heavy (non-hydrogen) atoms. The van der Waals surface area contributed by atoms with Crippen LogP contribution in [0.15, 0.2) is 59.6 Å². The largest absolute Gasteiger partial charge is 0.352 e. The number of aryl methyl sites for hydroxylation is 4. The van der Waals surface area contributed by atoms with Gasteiger partial charge < -0.3 is 11.1 Å². The molecule has 0 aliphatic carbocycles. The molecule has 2 aromatic heterocycles. The van der Waals surface area contributed by atoms with Crippen molar-refractivity contribution in [3.05, 3.63) is 82.9 Å². The van der Waals surface area contributed by atoms with Crippen molar-refractivity contribution in [1.29, 1.82) is 0 Å². The lowest BCUT2D eigenvalue weighted by atomic mass is 9.84. The average Bonchev–Trinajstić information content (AvgIpc) is 3.19. The first-order valence-electron chi connectivity index (χ1n) is 11.8. The summed E-state index contributed by atoms with van der Waals surface area (Å²) >= 11 is 4.13. The lowest BCUT2D eigenvalue weighted by molar-refractivity contribution is 0.246. The van der Waals surface area contributed by atoms with Crippen LogP contribution in [-0.2, 0) is 11.8 Å². The van der Waals surface area contributed by atoms with Crippen molar-refractivity contribution in [2.45, 2.75) is 58.3 Å². The van der Waals surface area contributed by atoms with Crippen molar-refractivity contribution in [3.63, 3.8) is 0 Å². The van der Waals surface area contributed by atoms with Crippen molar-refractivity contribution < 1.29 is 4.79 Å². The summed E-state index contributed by atoms with van der Waals surface area (Å²) in [6, 6.07) is 16.0. The molecule has 2 aromatic carbocycles. The third-order valence-corrected chi connectivity index (χ3v) is 6.28. The number of imidazole rings is 1. The molecule has 4 aromatic rings. The number of carbonyl (C=O) groups is 1. The zero-order valence-corrected chi connectivity index (χ0v) is 22.3. The molecule has 0 aliphatic rings. The van der Waals surface area contributed by atoms with E-state index in [2.05, 4.69) is 79.3 Å². The average molecular weight is 490 g/mol. The van der Waals surface area contributed by atoms with Gasteiger partial charge in [0.05, 0.1) is 22.8 Å². The number of nitrogens with zero attached hydrogens (tertiary/aromatic N) is 3. The van der Waals surface area contributed by atoms with Crippen molar-refractivity contribution in [2.75, 3.05) is 6.54 Å². The minimum absolute atomic E-state index is 0.211. The van der Waals surface area contributed by atoms with Crippen molar-refractivity contribution in [1.82, 2.24) is 19.7 Å². The number of primary amides is 1. The normalized spacial score (nSPS) is 11.2. The number of nitrogens with two attached hydrogens (primary N) is 1. The van der Waals surface area contributed by atoms with Crippen LogP contribution in [0.25, 0.3) is 16.9 Å². The first-order valence-corrected chi connectivity index (χ1v) is 12.2. The summed E-state index contributed by atoms with van der Waals surface area (Å²) in [5.74, 6) is 0. The monoisotopic (exact) mass is 489 g/mol. The number of urea groups is 1. The molecule has 0 bridgehead atoms. The van der Waals surface area contributed by atoms with Gasteiger partial charge in [-0.15, -0.1) is 12.6 Å². The van der Waals surface area contributed by atoms with Gasteiger partial charge in [0.15, 0.2) is 5.65 Å². The minimum atomic E-state index is -0.502. The van der Waals surface area contributed by atoms with Crippen molar-refractivity contribution in [3.8, 4) is 11.3 Å². The molecule has 3 N–H and O–H groups in total. The van der Waals surface area contributed by atoms with Crippen LogP contribution < -0.4 is 11.1 Å². The summed E-state index contributed by atoms with van der Waals surface area (Å²) in [6.45, 7) is 12.8. The number of nitrogens with one attached hydrogen (secondary N) is 1. The summed E-state index contributed by atoms with van der Waals surface area (Å²) in [6.07, 6.45) is 2.89. The fourth-order valence-electron chi connectivity index (χ4n) is 3.98. The molecule has 184 valence electrons. The van der Waals surface area contributed by atoms with Crippen LogP contribution in [0, 0.1) is 20.8 Å². The van der Waals surface area contributed by atoms with Gasteiger partial charge in [-0.25, -0.2) is 9.78 Å². The first-order chi connectivity index (χ1) is 16.5. The van der Waals surface area contributed by atoms with Crippen LogP contribution in [0.2, 0.25) is 0 Å². The van der Waals surface area contributed by atoms with Gasteiger partial charge in [0.25, 0.3) is 0 Å². The summed E-state index contributed by atoms with van der Waals surface area (Å²) < 4.78 is 2.14. The smallest absolute Gasteiger partial charge is 0.312 e. The van der Waals surface area contributed by atoms with Gasteiger partial charge in [-0.05, 0) is 44.9 Å².